The molecule has 2 aromatic rings. The van der Waals surface area contributed by atoms with Crippen LogP contribution in [0.1, 0.15) is 42.9 Å². The van der Waals surface area contributed by atoms with E-state index >= 15 is 0 Å². The van der Waals surface area contributed by atoms with Gasteiger partial charge >= 0.3 is 6.18 Å². The van der Waals surface area contributed by atoms with Crippen LogP contribution in [0.3, 0.4) is 0 Å². The molecule has 0 unspecified atom stereocenters. The molecule has 2 aromatic heterocycles. The van der Waals surface area contributed by atoms with Gasteiger partial charge in [-0.15, -0.1) is 10.2 Å². The third-order valence-electron chi connectivity index (χ3n) is 3.88. The average Bonchev–Trinajstić information content (AvgIpc) is 3.08. The summed E-state index contributed by atoms with van der Waals surface area (Å²) in [6, 6.07) is -0.185. The lowest BCUT2D eigenvalue weighted by atomic mass is 10.0. The summed E-state index contributed by atoms with van der Waals surface area (Å²) in [5, 5.41) is 11.4. The predicted octanol–water partition coefficient (Wildman–Crippen LogP) is 2.03. The Morgan fingerprint density at radius 2 is 2.13 bits per heavy atom. The van der Waals surface area contributed by atoms with Gasteiger partial charge in [0.1, 0.15) is 18.6 Å². The molecule has 0 amide bonds. The third kappa shape index (κ3) is 3.87. The van der Waals surface area contributed by atoms with E-state index in [1.165, 1.54) is 6.33 Å². The maximum Gasteiger partial charge on any atom is 0.397 e. The summed E-state index contributed by atoms with van der Waals surface area (Å²) in [6.07, 6.45) is -1.33. The minimum Gasteiger partial charge on any atom is -0.423 e. The molecule has 1 aliphatic rings. The van der Waals surface area contributed by atoms with Crippen LogP contribution in [0.4, 0.5) is 13.2 Å². The molecule has 0 N–H and O–H groups in total. The lowest BCUT2D eigenvalue weighted by Crippen LogP contribution is -2.34. The first-order valence-electron chi connectivity index (χ1n) is 7.38. The molecule has 0 radical (unpaired) electrons. The van der Waals surface area contributed by atoms with Gasteiger partial charge in [-0.1, -0.05) is 6.42 Å². The van der Waals surface area contributed by atoms with Crippen molar-refractivity contribution in [1.29, 1.82) is 0 Å². The molecule has 10 heteroatoms. The molecule has 1 aliphatic heterocycles. The SMILES string of the molecule is Cn1ncnc1CN1CCCC[C@@H]1c1nnc(CC(F)(F)F)o1. The minimum absolute atomic E-state index is 0.185. The van der Waals surface area contributed by atoms with Crippen LogP contribution in [-0.2, 0) is 20.0 Å². The number of nitrogens with zero attached hydrogens (tertiary/aromatic N) is 6. The Labute approximate surface area is 130 Å². The Balaban J connectivity index is 1.75. The van der Waals surface area contributed by atoms with E-state index in [4.69, 9.17) is 4.42 Å². The highest BCUT2D eigenvalue weighted by molar-refractivity contribution is 4.96. The van der Waals surface area contributed by atoms with E-state index in [-0.39, 0.29) is 11.9 Å². The normalized spacial score (nSPS) is 20.1. The number of rotatable bonds is 4. The number of aromatic nitrogens is 5. The van der Waals surface area contributed by atoms with E-state index in [2.05, 4.69) is 25.2 Å². The second kappa shape index (κ2) is 6.26. The van der Waals surface area contributed by atoms with Crippen molar-refractivity contribution in [2.45, 2.75) is 44.4 Å². The second-order valence-corrected chi connectivity index (χ2v) is 5.61. The molecular weight excluding hydrogens is 313 g/mol. The number of likely N-dealkylation sites (tertiary alicyclic amines) is 1. The zero-order chi connectivity index (χ0) is 16.4. The molecule has 7 nitrogen and oxygen atoms in total. The lowest BCUT2D eigenvalue weighted by molar-refractivity contribution is -0.131. The van der Waals surface area contributed by atoms with Crippen molar-refractivity contribution in [3.8, 4) is 0 Å². The number of piperidine rings is 1. The quantitative estimate of drug-likeness (QED) is 0.854. The maximum atomic E-state index is 12.4. The smallest absolute Gasteiger partial charge is 0.397 e. The summed E-state index contributed by atoms with van der Waals surface area (Å²) in [7, 11) is 1.80. The Bertz CT molecular complexity index is 652. The summed E-state index contributed by atoms with van der Waals surface area (Å²) < 4.78 is 44.2. The molecule has 0 spiro atoms. The predicted molar refractivity (Wildman–Crippen MR) is 72.1 cm³/mol. The lowest BCUT2D eigenvalue weighted by Gasteiger charge is -2.32. The number of alkyl halides is 3. The highest BCUT2D eigenvalue weighted by Crippen LogP contribution is 2.32. The van der Waals surface area contributed by atoms with E-state index < -0.39 is 18.5 Å². The first kappa shape index (κ1) is 15.9. The van der Waals surface area contributed by atoms with Crippen LogP contribution >= 0.6 is 0 Å². The molecule has 1 saturated heterocycles. The van der Waals surface area contributed by atoms with Gasteiger partial charge in [-0.2, -0.15) is 18.3 Å². The van der Waals surface area contributed by atoms with E-state index in [1.807, 2.05) is 0 Å². The molecule has 23 heavy (non-hydrogen) atoms. The van der Waals surface area contributed by atoms with Crippen LogP contribution in [-0.4, -0.2) is 42.6 Å². The minimum atomic E-state index is -4.35. The van der Waals surface area contributed by atoms with Gasteiger partial charge in [0, 0.05) is 7.05 Å². The summed E-state index contributed by atoms with van der Waals surface area (Å²) in [4.78, 5) is 6.28. The first-order chi connectivity index (χ1) is 10.9. The van der Waals surface area contributed by atoms with Gasteiger partial charge in [0.15, 0.2) is 0 Å². The van der Waals surface area contributed by atoms with Crippen LogP contribution in [0, 0.1) is 0 Å². The molecule has 0 bridgehead atoms. The highest BCUT2D eigenvalue weighted by Gasteiger charge is 2.33. The molecule has 3 rings (SSSR count). The topological polar surface area (TPSA) is 72.9 Å². The monoisotopic (exact) mass is 330 g/mol. The molecule has 1 atom stereocenters. The molecule has 126 valence electrons. The van der Waals surface area contributed by atoms with Crippen molar-refractivity contribution in [3.05, 3.63) is 23.9 Å². The van der Waals surface area contributed by atoms with Crippen molar-refractivity contribution in [2.24, 2.45) is 7.05 Å². The fraction of sp³-hybridized carbons (Fsp3) is 0.692. The summed E-state index contributed by atoms with van der Waals surface area (Å²) in [5.41, 5.74) is 0. The summed E-state index contributed by atoms with van der Waals surface area (Å²) >= 11 is 0. The van der Waals surface area contributed by atoms with Gasteiger partial charge < -0.3 is 4.42 Å². The van der Waals surface area contributed by atoms with Gasteiger partial charge in [-0.05, 0) is 19.4 Å². The van der Waals surface area contributed by atoms with Crippen LogP contribution < -0.4 is 0 Å². The van der Waals surface area contributed by atoms with E-state index in [0.29, 0.717) is 6.54 Å². The largest absolute Gasteiger partial charge is 0.423 e. The van der Waals surface area contributed by atoms with Crippen molar-refractivity contribution < 1.29 is 17.6 Å². The molecule has 0 aromatic carbocycles. The third-order valence-corrected chi connectivity index (χ3v) is 3.88. The van der Waals surface area contributed by atoms with Gasteiger partial charge in [0.25, 0.3) is 0 Å². The van der Waals surface area contributed by atoms with Gasteiger partial charge in [-0.3, -0.25) is 9.58 Å². The van der Waals surface area contributed by atoms with E-state index in [9.17, 15) is 13.2 Å². The molecule has 1 fully saturated rings. The van der Waals surface area contributed by atoms with Crippen LogP contribution in [0.2, 0.25) is 0 Å². The Kier molecular flexibility index (Phi) is 4.33. The van der Waals surface area contributed by atoms with Crippen molar-refractivity contribution in [2.75, 3.05) is 6.54 Å². The molecule has 3 heterocycles. The number of hydrogen-bond donors (Lipinski definition) is 0. The van der Waals surface area contributed by atoms with Gasteiger partial charge in [0.2, 0.25) is 11.8 Å². The van der Waals surface area contributed by atoms with Crippen LogP contribution in [0.5, 0.6) is 0 Å². The highest BCUT2D eigenvalue weighted by atomic mass is 19.4. The second-order valence-electron chi connectivity index (χ2n) is 5.61. The van der Waals surface area contributed by atoms with E-state index in [0.717, 1.165) is 31.6 Å². The fourth-order valence-corrected chi connectivity index (χ4v) is 2.75. The molecule has 0 saturated carbocycles. The van der Waals surface area contributed by atoms with Crippen LogP contribution in [0.25, 0.3) is 0 Å². The standard InChI is InChI=1S/C13H17F3N6O/c1-21-10(17-8-18-21)7-22-5-3-2-4-9(22)12-20-19-11(23-12)6-13(14,15)16/h8-9H,2-7H2,1H3/t9-/m1/s1. The van der Waals surface area contributed by atoms with Crippen molar-refractivity contribution in [1.82, 2.24) is 29.9 Å². The summed E-state index contributed by atoms with van der Waals surface area (Å²) in [6.45, 7) is 1.34. The fourth-order valence-electron chi connectivity index (χ4n) is 2.75. The van der Waals surface area contributed by atoms with Crippen LogP contribution in [0.15, 0.2) is 10.7 Å². The zero-order valence-electron chi connectivity index (χ0n) is 12.6. The van der Waals surface area contributed by atoms with E-state index in [1.54, 1.807) is 11.7 Å². The molecular formula is C13H17F3N6O. The number of hydrogen-bond acceptors (Lipinski definition) is 6. The zero-order valence-corrected chi connectivity index (χ0v) is 12.6. The number of halogens is 3. The van der Waals surface area contributed by atoms with Gasteiger partial charge in [-0.25, -0.2) is 4.98 Å². The van der Waals surface area contributed by atoms with Crippen molar-refractivity contribution >= 4 is 0 Å². The maximum absolute atomic E-state index is 12.4. The Morgan fingerprint density at radius 1 is 1.30 bits per heavy atom. The average molecular weight is 330 g/mol. The first-order valence-corrected chi connectivity index (χ1v) is 7.38. The van der Waals surface area contributed by atoms with Gasteiger partial charge in [0.05, 0.1) is 12.6 Å². The Hall–Kier alpha value is -1.97. The summed E-state index contributed by atoms with van der Waals surface area (Å²) in [5.74, 6) is 0.634. The Morgan fingerprint density at radius 3 is 2.83 bits per heavy atom. The van der Waals surface area contributed by atoms with Crippen molar-refractivity contribution in [3.63, 3.8) is 0 Å². The number of aryl methyl sites for hydroxylation is 1. The molecule has 0 aliphatic carbocycles.